The van der Waals surface area contributed by atoms with Gasteiger partial charge in [-0.2, -0.15) is 0 Å². The van der Waals surface area contributed by atoms with Gasteiger partial charge in [-0.25, -0.2) is 0 Å². The summed E-state index contributed by atoms with van der Waals surface area (Å²) in [5.41, 5.74) is 10.5. The zero-order chi connectivity index (χ0) is 11.2. The van der Waals surface area contributed by atoms with Crippen molar-refractivity contribution in [2.45, 2.75) is 33.7 Å². The average molecular weight is 203 g/mol. The molecule has 0 aliphatic heterocycles. The maximum Gasteiger partial charge on any atom is 0.135 e. The molecule has 2 N–H and O–H groups in total. The molecule has 2 nitrogen and oxygen atoms in total. The molecule has 0 radical (unpaired) electrons. The highest BCUT2D eigenvalue weighted by Gasteiger charge is 2.15. The lowest BCUT2D eigenvalue weighted by Gasteiger charge is -2.01. The molecular weight excluding hydrogens is 186 g/mol. The summed E-state index contributed by atoms with van der Waals surface area (Å²) in [6.45, 7) is 8.22. The van der Waals surface area contributed by atoms with Crippen LogP contribution in [0.1, 0.15) is 35.4 Å². The van der Waals surface area contributed by atoms with E-state index in [-0.39, 0.29) is 6.04 Å². The van der Waals surface area contributed by atoms with Crippen LogP contribution in [0.5, 0.6) is 0 Å². The molecule has 0 aliphatic carbocycles. The van der Waals surface area contributed by atoms with Crippen molar-refractivity contribution >= 4 is 11.0 Å². The van der Waals surface area contributed by atoms with Crippen LogP contribution in [-0.4, -0.2) is 0 Å². The van der Waals surface area contributed by atoms with Crippen molar-refractivity contribution in [3.63, 3.8) is 0 Å². The fraction of sp³-hybridized carbons (Fsp3) is 0.385. The van der Waals surface area contributed by atoms with Crippen LogP contribution < -0.4 is 5.73 Å². The zero-order valence-electron chi connectivity index (χ0n) is 9.72. The summed E-state index contributed by atoms with van der Waals surface area (Å²) >= 11 is 0. The van der Waals surface area contributed by atoms with Gasteiger partial charge >= 0.3 is 0 Å². The minimum Gasteiger partial charge on any atom is -0.459 e. The lowest BCUT2D eigenvalue weighted by atomic mass is 10.0. The first kappa shape index (κ1) is 10.2. The number of aryl methyl sites for hydroxylation is 3. The molecule has 15 heavy (non-hydrogen) atoms. The van der Waals surface area contributed by atoms with Gasteiger partial charge in [-0.05, 0) is 44.9 Å². The first-order chi connectivity index (χ1) is 7.00. The lowest BCUT2D eigenvalue weighted by molar-refractivity contribution is 0.509. The third-order valence-corrected chi connectivity index (χ3v) is 2.82. The minimum absolute atomic E-state index is 0.0443. The number of furan rings is 1. The second-order valence-corrected chi connectivity index (χ2v) is 4.33. The van der Waals surface area contributed by atoms with Gasteiger partial charge in [0.25, 0.3) is 0 Å². The van der Waals surface area contributed by atoms with Crippen LogP contribution in [-0.2, 0) is 0 Å². The molecule has 0 fully saturated rings. The van der Waals surface area contributed by atoms with E-state index in [2.05, 4.69) is 32.9 Å². The van der Waals surface area contributed by atoms with Crippen molar-refractivity contribution in [1.29, 1.82) is 0 Å². The average Bonchev–Trinajstić information content (AvgIpc) is 2.42. The molecule has 2 rings (SSSR count). The summed E-state index contributed by atoms with van der Waals surface area (Å²) in [5, 5.41) is 1.22. The fourth-order valence-corrected chi connectivity index (χ4v) is 2.24. The first-order valence-corrected chi connectivity index (χ1v) is 5.26. The Hall–Kier alpha value is -1.28. The van der Waals surface area contributed by atoms with Gasteiger partial charge in [0.1, 0.15) is 11.3 Å². The molecule has 1 atom stereocenters. The summed E-state index contributed by atoms with van der Waals surface area (Å²) < 4.78 is 5.80. The summed E-state index contributed by atoms with van der Waals surface area (Å²) in [7, 11) is 0. The molecule has 1 aromatic carbocycles. The highest BCUT2D eigenvalue weighted by Crippen LogP contribution is 2.31. The molecule has 0 aliphatic rings. The SMILES string of the molecule is Cc1cc(C)c2c(C)c(C(C)N)oc2c1. The zero-order valence-corrected chi connectivity index (χ0v) is 9.72. The Balaban J connectivity index is 2.82. The van der Waals surface area contributed by atoms with E-state index < -0.39 is 0 Å². The van der Waals surface area contributed by atoms with Crippen LogP contribution >= 0.6 is 0 Å². The van der Waals surface area contributed by atoms with Crippen LogP contribution in [0.15, 0.2) is 16.5 Å². The van der Waals surface area contributed by atoms with Gasteiger partial charge < -0.3 is 10.2 Å². The molecule has 0 amide bonds. The van der Waals surface area contributed by atoms with Gasteiger partial charge in [0, 0.05) is 10.9 Å². The van der Waals surface area contributed by atoms with Crippen LogP contribution in [0, 0.1) is 20.8 Å². The van der Waals surface area contributed by atoms with Gasteiger partial charge in [0.05, 0.1) is 6.04 Å². The van der Waals surface area contributed by atoms with Crippen molar-refractivity contribution in [1.82, 2.24) is 0 Å². The number of fused-ring (bicyclic) bond motifs is 1. The van der Waals surface area contributed by atoms with Crippen LogP contribution in [0.3, 0.4) is 0 Å². The van der Waals surface area contributed by atoms with Crippen LogP contribution in [0.25, 0.3) is 11.0 Å². The Bertz CT molecular complexity index is 509. The smallest absolute Gasteiger partial charge is 0.135 e. The molecule has 2 aromatic rings. The van der Waals surface area contributed by atoms with Crippen molar-refractivity contribution in [2.24, 2.45) is 5.73 Å². The number of benzene rings is 1. The Labute approximate surface area is 90.1 Å². The highest BCUT2D eigenvalue weighted by atomic mass is 16.3. The lowest BCUT2D eigenvalue weighted by Crippen LogP contribution is -2.04. The summed E-state index contributed by atoms with van der Waals surface area (Å²) in [5.74, 6) is 0.902. The van der Waals surface area contributed by atoms with E-state index in [0.717, 1.165) is 11.3 Å². The Morgan fingerprint density at radius 2 is 1.87 bits per heavy atom. The van der Waals surface area contributed by atoms with E-state index in [1.807, 2.05) is 6.92 Å². The molecule has 2 heteroatoms. The van der Waals surface area contributed by atoms with E-state index in [1.165, 1.54) is 22.1 Å². The Morgan fingerprint density at radius 1 is 1.20 bits per heavy atom. The van der Waals surface area contributed by atoms with E-state index in [9.17, 15) is 0 Å². The molecule has 0 spiro atoms. The Morgan fingerprint density at radius 3 is 2.47 bits per heavy atom. The third-order valence-electron chi connectivity index (χ3n) is 2.82. The predicted molar refractivity (Wildman–Crippen MR) is 63.0 cm³/mol. The summed E-state index contributed by atoms with van der Waals surface area (Å²) in [6, 6.07) is 4.20. The quantitative estimate of drug-likeness (QED) is 0.771. The standard InChI is InChI=1S/C13H17NO/c1-7-5-8(2)12-9(3)13(10(4)14)15-11(12)6-7/h5-6,10H,14H2,1-4H3. The summed E-state index contributed by atoms with van der Waals surface area (Å²) in [6.07, 6.45) is 0. The monoisotopic (exact) mass is 203 g/mol. The van der Waals surface area contributed by atoms with Gasteiger partial charge in [-0.3, -0.25) is 0 Å². The normalized spacial score (nSPS) is 13.4. The van der Waals surface area contributed by atoms with Crippen molar-refractivity contribution in [3.05, 3.63) is 34.6 Å². The molecule has 0 bridgehead atoms. The van der Waals surface area contributed by atoms with Crippen LogP contribution in [0.2, 0.25) is 0 Å². The van der Waals surface area contributed by atoms with E-state index in [0.29, 0.717) is 0 Å². The number of hydrogen-bond donors (Lipinski definition) is 1. The second-order valence-electron chi connectivity index (χ2n) is 4.33. The number of nitrogens with two attached hydrogens (primary N) is 1. The number of hydrogen-bond acceptors (Lipinski definition) is 2. The predicted octanol–water partition coefficient (Wildman–Crippen LogP) is 3.38. The fourth-order valence-electron chi connectivity index (χ4n) is 2.24. The third kappa shape index (κ3) is 1.55. The topological polar surface area (TPSA) is 39.2 Å². The van der Waals surface area contributed by atoms with Crippen molar-refractivity contribution in [3.8, 4) is 0 Å². The van der Waals surface area contributed by atoms with Crippen LogP contribution in [0.4, 0.5) is 0 Å². The summed E-state index contributed by atoms with van der Waals surface area (Å²) in [4.78, 5) is 0. The minimum atomic E-state index is -0.0443. The van der Waals surface area contributed by atoms with Gasteiger partial charge in [-0.15, -0.1) is 0 Å². The highest BCUT2D eigenvalue weighted by molar-refractivity contribution is 5.86. The van der Waals surface area contributed by atoms with Gasteiger partial charge in [-0.1, -0.05) is 6.07 Å². The molecular formula is C13H17NO. The van der Waals surface area contributed by atoms with E-state index in [1.54, 1.807) is 0 Å². The molecule has 1 aromatic heterocycles. The Kier molecular flexibility index (Phi) is 2.31. The van der Waals surface area contributed by atoms with Crippen molar-refractivity contribution in [2.75, 3.05) is 0 Å². The van der Waals surface area contributed by atoms with Crippen molar-refractivity contribution < 1.29 is 4.42 Å². The molecule has 1 unspecified atom stereocenters. The van der Waals surface area contributed by atoms with Gasteiger partial charge in [0.15, 0.2) is 0 Å². The van der Waals surface area contributed by atoms with E-state index >= 15 is 0 Å². The number of rotatable bonds is 1. The van der Waals surface area contributed by atoms with Gasteiger partial charge in [0.2, 0.25) is 0 Å². The molecule has 80 valence electrons. The maximum absolute atomic E-state index is 5.87. The van der Waals surface area contributed by atoms with E-state index in [4.69, 9.17) is 10.2 Å². The first-order valence-electron chi connectivity index (χ1n) is 5.26. The largest absolute Gasteiger partial charge is 0.459 e. The molecule has 1 heterocycles. The maximum atomic E-state index is 5.87. The second kappa shape index (κ2) is 3.38. The molecule has 0 saturated carbocycles. The molecule has 0 saturated heterocycles.